The zero-order valence-electron chi connectivity index (χ0n) is 13.6. The van der Waals surface area contributed by atoms with Crippen molar-refractivity contribution in [2.75, 3.05) is 19.6 Å². The molecule has 0 bridgehead atoms. The highest BCUT2D eigenvalue weighted by Gasteiger charge is 2.34. The lowest BCUT2D eigenvalue weighted by atomic mass is 10.0. The van der Waals surface area contributed by atoms with Gasteiger partial charge < -0.3 is 9.26 Å². The highest BCUT2D eigenvalue weighted by atomic mass is 32.2. The molecule has 0 spiro atoms. The number of hydrogen-bond acceptors (Lipinski definition) is 6. The SMILES string of the molecule is CC1CN(C(C)(C)CNS(=O)(=O)Cc2ccon2)CC(C)O1. The van der Waals surface area contributed by atoms with Crippen LogP contribution in [0.2, 0.25) is 0 Å². The Morgan fingerprint density at radius 1 is 1.36 bits per heavy atom. The lowest BCUT2D eigenvalue weighted by Crippen LogP contribution is -2.58. The normalized spacial score (nSPS) is 24.5. The third kappa shape index (κ3) is 4.77. The molecule has 1 aromatic rings. The van der Waals surface area contributed by atoms with E-state index in [0.29, 0.717) is 12.2 Å². The van der Waals surface area contributed by atoms with E-state index in [4.69, 9.17) is 4.74 Å². The number of sulfonamides is 1. The Balaban J connectivity index is 1.93. The van der Waals surface area contributed by atoms with Crippen LogP contribution in [0, 0.1) is 0 Å². The van der Waals surface area contributed by atoms with Gasteiger partial charge in [-0.25, -0.2) is 13.1 Å². The number of nitrogens with zero attached hydrogens (tertiary/aromatic N) is 2. The smallest absolute Gasteiger partial charge is 0.217 e. The van der Waals surface area contributed by atoms with Crippen molar-refractivity contribution in [1.29, 1.82) is 0 Å². The number of morpholine rings is 1. The maximum Gasteiger partial charge on any atom is 0.217 e. The second-order valence-electron chi connectivity index (χ2n) is 6.55. The molecule has 2 unspecified atom stereocenters. The van der Waals surface area contributed by atoms with Crippen LogP contribution in [0.25, 0.3) is 0 Å². The van der Waals surface area contributed by atoms with E-state index in [9.17, 15) is 8.42 Å². The van der Waals surface area contributed by atoms with Crippen LogP contribution in [0.15, 0.2) is 16.9 Å². The average Bonchev–Trinajstić information content (AvgIpc) is 2.88. The molecule has 1 N–H and O–H groups in total. The average molecular weight is 331 g/mol. The summed E-state index contributed by atoms with van der Waals surface area (Å²) in [6.45, 7) is 10.1. The van der Waals surface area contributed by atoms with Crippen molar-refractivity contribution in [1.82, 2.24) is 14.8 Å². The van der Waals surface area contributed by atoms with Crippen LogP contribution in [0.3, 0.4) is 0 Å². The van der Waals surface area contributed by atoms with Gasteiger partial charge in [-0.05, 0) is 27.7 Å². The largest absolute Gasteiger partial charge is 0.373 e. The minimum absolute atomic E-state index is 0.148. The highest BCUT2D eigenvalue weighted by Crippen LogP contribution is 2.21. The van der Waals surface area contributed by atoms with E-state index in [0.717, 1.165) is 13.1 Å². The third-order valence-corrected chi connectivity index (χ3v) is 5.09. The summed E-state index contributed by atoms with van der Waals surface area (Å²) < 4.78 is 37.3. The van der Waals surface area contributed by atoms with E-state index in [1.807, 2.05) is 27.7 Å². The van der Waals surface area contributed by atoms with Gasteiger partial charge in [0.2, 0.25) is 10.0 Å². The van der Waals surface area contributed by atoms with Crippen LogP contribution in [0.5, 0.6) is 0 Å². The summed E-state index contributed by atoms with van der Waals surface area (Å²) in [5.74, 6) is -0.171. The molecule has 8 heteroatoms. The Labute approximate surface area is 132 Å². The van der Waals surface area contributed by atoms with Crippen molar-refractivity contribution >= 4 is 10.0 Å². The third-order valence-electron chi connectivity index (χ3n) is 3.83. The van der Waals surface area contributed by atoms with Crippen LogP contribution in [-0.4, -0.2) is 55.9 Å². The molecule has 1 saturated heterocycles. The number of hydrogen-bond donors (Lipinski definition) is 1. The Hall–Kier alpha value is -0.960. The zero-order chi connectivity index (χ0) is 16.4. The molecule has 0 radical (unpaired) electrons. The van der Waals surface area contributed by atoms with E-state index < -0.39 is 10.0 Å². The fourth-order valence-corrected chi connectivity index (χ4v) is 3.84. The van der Waals surface area contributed by atoms with Gasteiger partial charge in [-0.15, -0.1) is 0 Å². The molecule has 7 nitrogen and oxygen atoms in total. The maximum atomic E-state index is 12.1. The van der Waals surface area contributed by atoms with Crippen molar-refractivity contribution in [3.05, 3.63) is 18.0 Å². The van der Waals surface area contributed by atoms with Gasteiger partial charge in [-0.1, -0.05) is 5.16 Å². The summed E-state index contributed by atoms with van der Waals surface area (Å²) in [5.41, 5.74) is 0.113. The number of nitrogens with one attached hydrogen (secondary N) is 1. The predicted octanol–water partition coefficient (Wildman–Crippen LogP) is 0.982. The van der Waals surface area contributed by atoms with Crippen molar-refractivity contribution in [3.63, 3.8) is 0 Å². The summed E-state index contributed by atoms with van der Waals surface area (Å²) >= 11 is 0. The summed E-state index contributed by atoms with van der Waals surface area (Å²) in [6, 6.07) is 1.55. The van der Waals surface area contributed by atoms with E-state index in [1.165, 1.54) is 6.26 Å². The molecule has 0 saturated carbocycles. The van der Waals surface area contributed by atoms with Crippen molar-refractivity contribution in [2.45, 2.75) is 51.2 Å². The second-order valence-corrected chi connectivity index (χ2v) is 8.35. The van der Waals surface area contributed by atoms with Gasteiger partial charge in [0.05, 0.1) is 17.9 Å². The predicted molar refractivity (Wildman–Crippen MR) is 82.8 cm³/mol. The topological polar surface area (TPSA) is 84.7 Å². The summed E-state index contributed by atoms with van der Waals surface area (Å²) in [7, 11) is -3.43. The molecular formula is C14H25N3O4S. The van der Waals surface area contributed by atoms with Crippen molar-refractivity contribution in [2.24, 2.45) is 0 Å². The first-order valence-electron chi connectivity index (χ1n) is 7.45. The first-order chi connectivity index (χ1) is 10.2. The van der Waals surface area contributed by atoms with Crippen molar-refractivity contribution in [3.8, 4) is 0 Å². The van der Waals surface area contributed by atoms with Crippen LogP contribution >= 0.6 is 0 Å². The Morgan fingerprint density at radius 3 is 2.55 bits per heavy atom. The Kier molecular flexibility index (Phi) is 5.26. The molecule has 1 fully saturated rings. The minimum atomic E-state index is -3.43. The molecule has 0 aromatic carbocycles. The van der Waals surface area contributed by atoms with Crippen LogP contribution < -0.4 is 4.72 Å². The lowest BCUT2D eigenvalue weighted by molar-refractivity contribution is -0.0945. The maximum absolute atomic E-state index is 12.1. The molecule has 126 valence electrons. The van der Waals surface area contributed by atoms with Gasteiger partial charge in [0, 0.05) is 31.2 Å². The van der Waals surface area contributed by atoms with Gasteiger partial charge in [-0.2, -0.15) is 0 Å². The van der Waals surface area contributed by atoms with Gasteiger partial charge >= 0.3 is 0 Å². The quantitative estimate of drug-likeness (QED) is 0.836. The molecule has 2 rings (SSSR count). The molecule has 0 amide bonds. The van der Waals surface area contributed by atoms with Gasteiger partial charge in [-0.3, -0.25) is 4.90 Å². The van der Waals surface area contributed by atoms with E-state index in [-0.39, 0.29) is 23.5 Å². The van der Waals surface area contributed by atoms with Crippen LogP contribution in [0.4, 0.5) is 0 Å². The monoisotopic (exact) mass is 331 g/mol. The molecule has 22 heavy (non-hydrogen) atoms. The summed E-state index contributed by atoms with van der Waals surface area (Å²) in [5, 5.41) is 3.63. The Morgan fingerprint density at radius 2 is 2.00 bits per heavy atom. The van der Waals surface area contributed by atoms with E-state index >= 15 is 0 Å². The number of ether oxygens (including phenoxy) is 1. The number of rotatable bonds is 6. The minimum Gasteiger partial charge on any atom is -0.373 e. The lowest BCUT2D eigenvalue weighted by Gasteiger charge is -2.45. The Bertz CT molecular complexity index is 561. The van der Waals surface area contributed by atoms with Crippen LogP contribution in [-0.2, 0) is 20.5 Å². The summed E-state index contributed by atoms with van der Waals surface area (Å²) in [6.07, 6.45) is 1.66. The molecule has 0 aliphatic carbocycles. The molecule has 2 heterocycles. The molecule has 2 atom stereocenters. The molecule has 1 aliphatic heterocycles. The molecule has 1 aromatic heterocycles. The fraction of sp³-hybridized carbons (Fsp3) is 0.786. The van der Waals surface area contributed by atoms with Gasteiger partial charge in [0.15, 0.2) is 0 Å². The first-order valence-corrected chi connectivity index (χ1v) is 9.10. The highest BCUT2D eigenvalue weighted by molar-refractivity contribution is 7.88. The molecule has 1 aliphatic rings. The first kappa shape index (κ1) is 17.4. The zero-order valence-corrected chi connectivity index (χ0v) is 14.4. The van der Waals surface area contributed by atoms with E-state index in [2.05, 4.69) is 19.3 Å². The van der Waals surface area contributed by atoms with Crippen LogP contribution in [0.1, 0.15) is 33.4 Å². The van der Waals surface area contributed by atoms with Gasteiger partial charge in [0.1, 0.15) is 12.0 Å². The standard InChI is InChI=1S/C14H25N3O4S/c1-11-7-17(8-12(2)21-11)14(3,4)10-15-22(18,19)9-13-5-6-20-16-13/h5-6,11-12,15H,7-10H2,1-4H3. The summed E-state index contributed by atoms with van der Waals surface area (Å²) in [4.78, 5) is 2.27. The fourth-order valence-electron chi connectivity index (χ4n) is 2.63. The van der Waals surface area contributed by atoms with E-state index in [1.54, 1.807) is 6.07 Å². The molecular weight excluding hydrogens is 306 g/mol. The second kappa shape index (κ2) is 6.66. The van der Waals surface area contributed by atoms with Crippen molar-refractivity contribution < 1.29 is 17.7 Å². The van der Waals surface area contributed by atoms with Gasteiger partial charge in [0.25, 0.3) is 0 Å². The number of aromatic nitrogens is 1.